The predicted octanol–water partition coefficient (Wildman–Crippen LogP) is 1.42. The Morgan fingerprint density at radius 2 is 2.41 bits per heavy atom. The number of hydrogen-bond acceptors (Lipinski definition) is 5. The van der Waals surface area contributed by atoms with Gasteiger partial charge < -0.3 is 4.90 Å². The van der Waals surface area contributed by atoms with Crippen LogP contribution in [0.4, 0.5) is 5.00 Å². The fourth-order valence-corrected chi connectivity index (χ4v) is 2.55. The highest BCUT2D eigenvalue weighted by atomic mass is 32.2. The van der Waals surface area contributed by atoms with Crippen molar-refractivity contribution in [2.45, 2.75) is 0 Å². The Kier molecular flexibility index (Phi) is 3.30. The van der Waals surface area contributed by atoms with Crippen molar-refractivity contribution < 1.29 is 8.42 Å². The second-order valence-electron chi connectivity index (χ2n) is 3.24. The zero-order valence-corrected chi connectivity index (χ0v) is 10.5. The molecular weight excluding hydrogens is 258 g/mol. The minimum Gasteiger partial charge on any atom is -0.314 e. The summed E-state index contributed by atoms with van der Waals surface area (Å²) in [6, 6.07) is 0. The van der Waals surface area contributed by atoms with Crippen molar-refractivity contribution in [1.29, 1.82) is 0 Å². The van der Waals surface area contributed by atoms with E-state index in [1.807, 2.05) is 11.0 Å². The lowest BCUT2D eigenvalue weighted by Crippen LogP contribution is -2.35. The molecule has 0 unspecified atom stereocenters. The van der Waals surface area contributed by atoms with Gasteiger partial charge in [0.05, 0.1) is 11.7 Å². The smallest absolute Gasteiger partial charge is 0.255 e. The van der Waals surface area contributed by atoms with Gasteiger partial charge in [-0.15, -0.1) is 11.3 Å². The van der Waals surface area contributed by atoms with E-state index < -0.39 is 10.0 Å². The summed E-state index contributed by atoms with van der Waals surface area (Å²) in [5.74, 6) is 0.497. The summed E-state index contributed by atoms with van der Waals surface area (Å²) in [6.07, 6.45) is 7.13. The largest absolute Gasteiger partial charge is 0.314 e. The molecule has 0 fully saturated rings. The minimum absolute atomic E-state index is 0.497. The van der Waals surface area contributed by atoms with Crippen LogP contribution in [0.5, 0.6) is 0 Å². The first-order valence-corrected chi connectivity index (χ1v) is 7.23. The molecule has 0 spiro atoms. The Labute approximate surface area is 104 Å². The maximum Gasteiger partial charge on any atom is 0.255 e. The van der Waals surface area contributed by atoms with Crippen LogP contribution in [0.1, 0.15) is 0 Å². The topological polar surface area (TPSA) is 62.3 Å². The lowest BCUT2D eigenvalue weighted by Gasteiger charge is -2.26. The molecule has 1 aromatic heterocycles. The molecule has 2 heterocycles. The number of nitrogens with zero attached hydrogens (tertiary/aromatic N) is 2. The van der Waals surface area contributed by atoms with E-state index in [-0.39, 0.29) is 0 Å². The third-order valence-corrected chi connectivity index (χ3v) is 3.85. The summed E-state index contributed by atoms with van der Waals surface area (Å²) in [5, 5.41) is 1.77. The highest BCUT2D eigenvalue weighted by Crippen LogP contribution is 2.24. The zero-order chi connectivity index (χ0) is 12.3. The summed E-state index contributed by atoms with van der Waals surface area (Å²) in [7, 11) is -3.49. The molecule has 2 rings (SSSR count). The van der Waals surface area contributed by atoms with Crippen molar-refractivity contribution in [3.8, 4) is 0 Å². The maximum absolute atomic E-state index is 11.4. The third kappa shape index (κ3) is 2.75. The fourth-order valence-electron chi connectivity index (χ4n) is 1.34. The average molecular weight is 269 g/mol. The molecular formula is C10H11N3O2S2. The number of sulfonamides is 1. The summed E-state index contributed by atoms with van der Waals surface area (Å²) in [5.41, 5.74) is 1.70. The van der Waals surface area contributed by atoms with E-state index in [0.717, 1.165) is 10.4 Å². The van der Waals surface area contributed by atoms with Crippen LogP contribution < -0.4 is 9.62 Å². The molecule has 7 heteroatoms. The molecule has 0 atom stereocenters. The Hall–Kier alpha value is -1.60. The lowest BCUT2D eigenvalue weighted by atomic mass is 10.3. The van der Waals surface area contributed by atoms with E-state index in [1.54, 1.807) is 23.9 Å². The molecule has 0 bridgehead atoms. The van der Waals surface area contributed by atoms with Crippen LogP contribution in [0, 0.1) is 0 Å². The summed E-state index contributed by atoms with van der Waals surface area (Å²) < 4.78 is 25.4. The van der Waals surface area contributed by atoms with Gasteiger partial charge in [0.15, 0.2) is 0 Å². The van der Waals surface area contributed by atoms with Crippen molar-refractivity contribution in [3.63, 3.8) is 0 Å². The van der Waals surface area contributed by atoms with Crippen LogP contribution in [0.2, 0.25) is 0 Å². The Bertz CT molecular complexity index is 558. The summed E-state index contributed by atoms with van der Waals surface area (Å²) in [4.78, 5) is 5.81. The minimum atomic E-state index is -3.49. The molecule has 17 heavy (non-hydrogen) atoms. The average Bonchev–Trinajstić information content (AvgIpc) is 2.83. The van der Waals surface area contributed by atoms with Crippen molar-refractivity contribution in [1.82, 2.24) is 9.71 Å². The van der Waals surface area contributed by atoms with Crippen LogP contribution in [0.15, 0.2) is 47.7 Å². The van der Waals surface area contributed by atoms with Crippen molar-refractivity contribution in [3.05, 3.63) is 47.7 Å². The molecule has 1 N–H and O–H groups in total. The Morgan fingerprint density at radius 3 is 3.06 bits per heavy atom. The van der Waals surface area contributed by atoms with Crippen LogP contribution in [-0.2, 0) is 10.0 Å². The number of aromatic nitrogens is 1. The molecule has 0 aromatic carbocycles. The molecule has 5 nitrogen and oxygen atoms in total. The fraction of sp³-hybridized carbons (Fsp3) is 0.100. The highest BCUT2D eigenvalue weighted by molar-refractivity contribution is 7.92. The monoisotopic (exact) mass is 269 g/mol. The second kappa shape index (κ2) is 4.72. The first kappa shape index (κ1) is 11.9. The van der Waals surface area contributed by atoms with Gasteiger partial charge in [-0.05, 0) is 6.08 Å². The molecule has 1 aliphatic heterocycles. The quantitative estimate of drug-likeness (QED) is 0.898. The third-order valence-electron chi connectivity index (χ3n) is 2.12. The molecule has 0 saturated heterocycles. The molecule has 0 radical (unpaired) electrons. The van der Waals surface area contributed by atoms with Crippen LogP contribution in [-0.4, -0.2) is 19.9 Å². The van der Waals surface area contributed by atoms with Gasteiger partial charge in [0.25, 0.3) is 10.0 Å². The normalized spacial score (nSPS) is 15.5. The van der Waals surface area contributed by atoms with Crippen molar-refractivity contribution in [2.24, 2.45) is 0 Å². The number of thiazole rings is 1. The van der Waals surface area contributed by atoms with Crippen molar-refractivity contribution in [2.75, 3.05) is 11.4 Å². The van der Waals surface area contributed by atoms with Gasteiger partial charge in [-0.3, -0.25) is 9.71 Å². The van der Waals surface area contributed by atoms with E-state index in [1.165, 1.54) is 11.3 Å². The number of hydrogen-bond donors (Lipinski definition) is 1. The first-order valence-electron chi connectivity index (χ1n) is 4.80. The van der Waals surface area contributed by atoms with E-state index in [9.17, 15) is 8.42 Å². The predicted molar refractivity (Wildman–Crippen MR) is 68.9 cm³/mol. The molecule has 90 valence electrons. The van der Waals surface area contributed by atoms with Crippen LogP contribution in [0.25, 0.3) is 0 Å². The van der Waals surface area contributed by atoms with Gasteiger partial charge in [-0.25, -0.2) is 8.42 Å². The number of anilines is 1. The number of rotatable bonds is 4. The first-order chi connectivity index (χ1) is 8.12. The number of nitrogens with one attached hydrogen (secondary N) is 1. The Morgan fingerprint density at radius 1 is 1.59 bits per heavy atom. The summed E-state index contributed by atoms with van der Waals surface area (Å²) in [6.45, 7) is 3.87. The van der Waals surface area contributed by atoms with Crippen LogP contribution >= 0.6 is 11.3 Å². The van der Waals surface area contributed by atoms with Crippen LogP contribution in [0.3, 0.4) is 0 Å². The van der Waals surface area contributed by atoms with E-state index in [2.05, 4.69) is 16.3 Å². The molecule has 0 aliphatic carbocycles. The maximum atomic E-state index is 11.4. The molecule has 0 amide bonds. The van der Waals surface area contributed by atoms with Gasteiger partial charge in [0.2, 0.25) is 0 Å². The van der Waals surface area contributed by atoms with Gasteiger partial charge in [0, 0.05) is 12.0 Å². The highest BCUT2D eigenvalue weighted by Gasteiger charge is 2.17. The van der Waals surface area contributed by atoms with Gasteiger partial charge >= 0.3 is 0 Å². The van der Waals surface area contributed by atoms with E-state index in [4.69, 9.17) is 0 Å². The number of allylic oxidation sites excluding steroid dienone is 2. The zero-order valence-electron chi connectivity index (χ0n) is 8.91. The van der Waals surface area contributed by atoms with Crippen molar-refractivity contribution >= 4 is 26.4 Å². The van der Waals surface area contributed by atoms with Gasteiger partial charge in [-0.1, -0.05) is 18.7 Å². The van der Waals surface area contributed by atoms with E-state index in [0.29, 0.717) is 12.4 Å². The molecule has 1 aliphatic rings. The molecule has 1 aromatic rings. The lowest BCUT2D eigenvalue weighted by molar-refractivity contribution is 0.596. The van der Waals surface area contributed by atoms with E-state index >= 15 is 0 Å². The summed E-state index contributed by atoms with van der Waals surface area (Å²) >= 11 is 1.45. The Balaban J connectivity index is 2.27. The molecule has 0 saturated carbocycles. The second-order valence-corrected chi connectivity index (χ2v) is 5.74. The van der Waals surface area contributed by atoms with Gasteiger partial charge in [0.1, 0.15) is 10.8 Å². The standard InChI is InChI=1S/C10H11N3O2S2/c1-2-17(14,15)12-9-5-3-4-6-13(9)10-7-11-8-16-10/h2-5,7-8,12H,1,6H2. The van der Waals surface area contributed by atoms with Gasteiger partial charge in [-0.2, -0.15) is 0 Å². The SMILES string of the molecule is C=CS(=O)(=O)NC1=CC=CCN1c1cncs1.